The van der Waals surface area contributed by atoms with Crippen LogP contribution in [0.3, 0.4) is 0 Å². The van der Waals surface area contributed by atoms with E-state index in [-0.39, 0.29) is 5.75 Å². The van der Waals surface area contributed by atoms with E-state index in [0.29, 0.717) is 5.69 Å². The minimum Gasteiger partial charge on any atom is -0.494 e. The Kier molecular flexibility index (Phi) is 4.21. The summed E-state index contributed by atoms with van der Waals surface area (Å²) in [5.74, 6) is -2.97. The van der Waals surface area contributed by atoms with Crippen molar-refractivity contribution < 1.29 is 22.8 Å². The lowest BCUT2D eigenvalue weighted by molar-refractivity contribution is 0.0726. The maximum Gasteiger partial charge on any atom is 0.260 e. The number of halogens is 2. The minimum absolute atomic E-state index is 0.192. The zero-order valence-corrected chi connectivity index (χ0v) is 11.8. The SMILES string of the molecule is COc1ccc(F)c(C(=O)N(C)[C@@H](C)c2ccon2)c1F. The van der Waals surface area contributed by atoms with Crippen LogP contribution < -0.4 is 4.74 Å². The van der Waals surface area contributed by atoms with Crippen molar-refractivity contribution in [3.63, 3.8) is 0 Å². The Morgan fingerprint density at radius 3 is 2.67 bits per heavy atom. The first-order valence-electron chi connectivity index (χ1n) is 6.16. The predicted molar refractivity (Wildman–Crippen MR) is 69.9 cm³/mol. The Morgan fingerprint density at radius 2 is 2.10 bits per heavy atom. The number of nitrogens with zero attached hydrogens (tertiary/aromatic N) is 2. The van der Waals surface area contributed by atoms with Gasteiger partial charge in [-0.15, -0.1) is 0 Å². The molecule has 0 aliphatic heterocycles. The summed E-state index contributed by atoms with van der Waals surface area (Å²) >= 11 is 0. The van der Waals surface area contributed by atoms with E-state index >= 15 is 0 Å². The number of aromatic nitrogens is 1. The molecule has 0 N–H and O–H groups in total. The molecule has 1 atom stereocenters. The molecule has 21 heavy (non-hydrogen) atoms. The molecule has 0 saturated heterocycles. The van der Waals surface area contributed by atoms with E-state index in [1.165, 1.54) is 25.3 Å². The Bertz CT molecular complexity index is 644. The quantitative estimate of drug-likeness (QED) is 0.870. The van der Waals surface area contributed by atoms with Gasteiger partial charge in [-0.25, -0.2) is 8.78 Å². The van der Waals surface area contributed by atoms with Crippen molar-refractivity contribution in [1.82, 2.24) is 10.1 Å². The highest BCUT2D eigenvalue weighted by molar-refractivity contribution is 5.95. The van der Waals surface area contributed by atoms with Gasteiger partial charge in [0.25, 0.3) is 5.91 Å². The van der Waals surface area contributed by atoms with Crippen LogP contribution in [-0.4, -0.2) is 30.1 Å². The first-order chi connectivity index (χ1) is 9.97. The molecule has 5 nitrogen and oxygen atoms in total. The fourth-order valence-electron chi connectivity index (χ4n) is 1.88. The van der Waals surface area contributed by atoms with E-state index in [1.807, 2.05) is 0 Å². The summed E-state index contributed by atoms with van der Waals surface area (Å²) < 4.78 is 37.4. The standard InChI is InChI=1S/C14H14F2N2O3/c1-8(10-6-7-21-17-10)18(2)14(19)12-9(15)4-5-11(20-3)13(12)16/h4-8H,1-3H3/t8-/m0/s1. The third-order valence-electron chi connectivity index (χ3n) is 3.28. The van der Waals surface area contributed by atoms with Gasteiger partial charge in [-0.2, -0.15) is 0 Å². The summed E-state index contributed by atoms with van der Waals surface area (Å²) in [6.07, 6.45) is 1.36. The van der Waals surface area contributed by atoms with Crippen LogP contribution in [-0.2, 0) is 0 Å². The van der Waals surface area contributed by atoms with Gasteiger partial charge >= 0.3 is 0 Å². The highest BCUT2D eigenvalue weighted by Crippen LogP contribution is 2.26. The Balaban J connectivity index is 2.36. The predicted octanol–water partition coefficient (Wildman–Crippen LogP) is 2.79. The summed E-state index contributed by atoms with van der Waals surface area (Å²) in [4.78, 5) is 13.5. The average molecular weight is 296 g/mol. The van der Waals surface area contributed by atoms with Gasteiger partial charge in [0.05, 0.1) is 13.2 Å². The number of carbonyl (C=O) groups is 1. The van der Waals surface area contributed by atoms with Crippen molar-refractivity contribution in [2.24, 2.45) is 0 Å². The second-order valence-corrected chi connectivity index (χ2v) is 4.45. The molecule has 0 radical (unpaired) electrons. The van der Waals surface area contributed by atoms with Crippen LogP contribution in [0.4, 0.5) is 8.78 Å². The summed E-state index contributed by atoms with van der Waals surface area (Å²) in [6.45, 7) is 1.67. The number of ether oxygens (including phenoxy) is 1. The smallest absolute Gasteiger partial charge is 0.260 e. The van der Waals surface area contributed by atoms with Gasteiger partial charge in [-0.05, 0) is 19.1 Å². The van der Waals surface area contributed by atoms with E-state index < -0.39 is 29.1 Å². The second-order valence-electron chi connectivity index (χ2n) is 4.45. The van der Waals surface area contributed by atoms with Gasteiger partial charge in [0.15, 0.2) is 11.6 Å². The van der Waals surface area contributed by atoms with Crippen LogP contribution in [0.2, 0.25) is 0 Å². The van der Waals surface area contributed by atoms with Crippen molar-refractivity contribution in [1.29, 1.82) is 0 Å². The van der Waals surface area contributed by atoms with Crippen molar-refractivity contribution in [3.05, 3.63) is 47.4 Å². The first-order valence-corrected chi connectivity index (χ1v) is 6.16. The number of carbonyl (C=O) groups excluding carboxylic acids is 1. The molecule has 112 valence electrons. The Hall–Kier alpha value is -2.44. The van der Waals surface area contributed by atoms with Crippen LogP contribution in [0.5, 0.6) is 5.75 Å². The third kappa shape index (κ3) is 2.72. The number of hydrogen-bond acceptors (Lipinski definition) is 4. The average Bonchev–Trinajstić information content (AvgIpc) is 3.00. The van der Waals surface area contributed by atoms with Crippen LogP contribution in [0.1, 0.15) is 29.0 Å². The highest BCUT2D eigenvalue weighted by atomic mass is 19.1. The molecule has 2 rings (SSSR count). The second kappa shape index (κ2) is 5.90. The van der Waals surface area contributed by atoms with Crippen molar-refractivity contribution in [3.8, 4) is 5.75 Å². The fraction of sp³-hybridized carbons (Fsp3) is 0.286. The number of rotatable bonds is 4. The molecule has 0 aliphatic carbocycles. The molecule has 1 amide bonds. The fourth-order valence-corrected chi connectivity index (χ4v) is 1.88. The van der Waals surface area contributed by atoms with Gasteiger partial charge < -0.3 is 14.2 Å². The van der Waals surface area contributed by atoms with Crippen molar-refractivity contribution in [2.75, 3.05) is 14.2 Å². The first kappa shape index (κ1) is 15.0. The van der Waals surface area contributed by atoms with E-state index in [2.05, 4.69) is 5.16 Å². The lowest BCUT2D eigenvalue weighted by Gasteiger charge is -2.23. The summed E-state index contributed by atoms with van der Waals surface area (Å²) in [6, 6.07) is 3.19. The Labute approximate surface area is 120 Å². The molecule has 0 aliphatic rings. The van der Waals surface area contributed by atoms with E-state index in [1.54, 1.807) is 13.0 Å². The zero-order valence-electron chi connectivity index (χ0n) is 11.8. The normalized spacial score (nSPS) is 12.0. The zero-order chi connectivity index (χ0) is 15.6. The van der Waals surface area contributed by atoms with Gasteiger partial charge in [-0.3, -0.25) is 4.79 Å². The largest absolute Gasteiger partial charge is 0.494 e. The maximum absolute atomic E-state index is 14.1. The van der Waals surface area contributed by atoms with Crippen LogP contribution in [0, 0.1) is 11.6 Å². The van der Waals surface area contributed by atoms with Gasteiger partial charge in [0, 0.05) is 13.1 Å². The number of amides is 1. The van der Waals surface area contributed by atoms with Crippen molar-refractivity contribution in [2.45, 2.75) is 13.0 Å². The van der Waals surface area contributed by atoms with Crippen molar-refractivity contribution >= 4 is 5.91 Å². The molecule has 2 aromatic rings. The van der Waals surface area contributed by atoms with Crippen LogP contribution >= 0.6 is 0 Å². The molecule has 0 bridgehead atoms. The molecule has 0 fully saturated rings. The summed E-state index contributed by atoms with van der Waals surface area (Å²) in [5.41, 5.74) is -0.179. The summed E-state index contributed by atoms with van der Waals surface area (Å²) in [5, 5.41) is 3.71. The molecular formula is C14H14F2N2O3. The number of methoxy groups -OCH3 is 1. The Morgan fingerprint density at radius 1 is 1.38 bits per heavy atom. The maximum atomic E-state index is 14.1. The van der Waals surface area contributed by atoms with Crippen LogP contribution in [0.25, 0.3) is 0 Å². The molecule has 0 unspecified atom stereocenters. The van der Waals surface area contributed by atoms with Crippen LogP contribution in [0.15, 0.2) is 29.0 Å². The van der Waals surface area contributed by atoms with E-state index in [9.17, 15) is 13.6 Å². The lowest BCUT2D eigenvalue weighted by Crippen LogP contribution is -2.31. The lowest BCUT2D eigenvalue weighted by atomic mass is 10.1. The number of hydrogen-bond donors (Lipinski definition) is 0. The van der Waals surface area contributed by atoms with Gasteiger partial charge in [-0.1, -0.05) is 5.16 Å². The number of benzene rings is 1. The molecule has 1 aromatic carbocycles. The molecule has 1 heterocycles. The molecule has 0 saturated carbocycles. The molecule has 0 spiro atoms. The molecular weight excluding hydrogens is 282 g/mol. The monoisotopic (exact) mass is 296 g/mol. The topological polar surface area (TPSA) is 55.6 Å². The molecule has 1 aromatic heterocycles. The summed E-state index contributed by atoms with van der Waals surface area (Å²) in [7, 11) is 2.67. The van der Waals surface area contributed by atoms with E-state index in [4.69, 9.17) is 9.26 Å². The van der Waals surface area contributed by atoms with E-state index in [0.717, 1.165) is 12.1 Å². The third-order valence-corrected chi connectivity index (χ3v) is 3.28. The molecule has 7 heteroatoms. The minimum atomic E-state index is -1.03. The van der Waals surface area contributed by atoms with Gasteiger partial charge in [0.1, 0.15) is 23.3 Å². The highest BCUT2D eigenvalue weighted by Gasteiger charge is 2.27. The van der Waals surface area contributed by atoms with Gasteiger partial charge in [0.2, 0.25) is 0 Å².